The summed E-state index contributed by atoms with van der Waals surface area (Å²) in [6.07, 6.45) is -0.802. The summed E-state index contributed by atoms with van der Waals surface area (Å²) >= 11 is 1.54. The minimum absolute atomic E-state index is 0.0553. The zero-order valence-electron chi connectivity index (χ0n) is 18.1. The molecule has 7 nitrogen and oxygen atoms in total. The highest BCUT2D eigenvalue weighted by Crippen LogP contribution is 2.41. The molecule has 1 aliphatic rings. The van der Waals surface area contributed by atoms with Crippen LogP contribution in [0.4, 0.5) is 4.79 Å². The fourth-order valence-electron chi connectivity index (χ4n) is 3.03. The highest BCUT2D eigenvalue weighted by molar-refractivity contribution is 8.00. The number of hydrogen-bond acceptors (Lipinski definition) is 7. The van der Waals surface area contributed by atoms with Crippen LogP contribution >= 0.6 is 11.8 Å². The number of ether oxygens (including phenoxy) is 4. The Morgan fingerprint density at radius 2 is 1.87 bits per heavy atom. The summed E-state index contributed by atoms with van der Waals surface area (Å²) in [5.74, 6) is 1.87. The molecular formula is C23H27NO6S. The topological polar surface area (TPSA) is 74.3 Å². The van der Waals surface area contributed by atoms with Gasteiger partial charge in [-0.05, 0) is 50.6 Å². The van der Waals surface area contributed by atoms with Crippen LogP contribution in [0.3, 0.4) is 0 Å². The van der Waals surface area contributed by atoms with Crippen LogP contribution < -0.4 is 14.2 Å². The fourth-order valence-corrected chi connectivity index (χ4v) is 4.24. The first-order chi connectivity index (χ1) is 14.8. The van der Waals surface area contributed by atoms with E-state index >= 15 is 0 Å². The predicted octanol–water partition coefficient (Wildman–Crippen LogP) is 4.66. The zero-order chi connectivity index (χ0) is 22.4. The number of amides is 1. The molecule has 1 amide bonds. The van der Waals surface area contributed by atoms with Gasteiger partial charge in [0.1, 0.15) is 23.3 Å². The summed E-state index contributed by atoms with van der Waals surface area (Å²) in [5.41, 5.74) is 0.219. The van der Waals surface area contributed by atoms with Crippen LogP contribution in [0.5, 0.6) is 17.2 Å². The van der Waals surface area contributed by atoms with Gasteiger partial charge in [-0.15, -0.1) is 11.8 Å². The predicted molar refractivity (Wildman–Crippen MR) is 119 cm³/mol. The summed E-state index contributed by atoms with van der Waals surface area (Å²) in [7, 11) is 1.50. The SMILES string of the molecule is COc1cc(C2SCC(=O)N2CCOc2ccccc2)ccc1OC(=O)OC(C)(C)C. The maximum atomic E-state index is 12.4. The summed E-state index contributed by atoms with van der Waals surface area (Å²) in [6.45, 7) is 6.14. The van der Waals surface area contributed by atoms with Gasteiger partial charge in [0.25, 0.3) is 0 Å². The lowest BCUT2D eigenvalue weighted by Gasteiger charge is -2.25. The van der Waals surface area contributed by atoms with E-state index in [4.69, 9.17) is 18.9 Å². The Balaban J connectivity index is 1.68. The van der Waals surface area contributed by atoms with Crippen molar-refractivity contribution in [3.05, 3.63) is 54.1 Å². The molecule has 31 heavy (non-hydrogen) atoms. The summed E-state index contributed by atoms with van der Waals surface area (Å²) in [5, 5.41) is -0.170. The molecule has 1 saturated heterocycles. The van der Waals surface area contributed by atoms with Crippen LogP contribution in [0.2, 0.25) is 0 Å². The molecule has 2 aromatic rings. The molecular weight excluding hydrogens is 418 g/mol. The average Bonchev–Trinajstić information content (AvgIpc) is 3.08. The van der Waals surface area contributed by atoms with Crippen molar-refractivity contribution < 1.29 is 28.5 Å². The van der Waals surface area contributed by atoms with Crippen molar-refractivity contribution in [3.63, 3.8) is 0 Å². The Morgan fingerprint density at radius 1 is 1.13 bits per heavy atom. The maximum absolute atomic E-state index is 12.4. The first-order valence-corrected chi connectivity index (χ1v) is 11.0. The average molecular weight is 446 g/mol. The van der Waals surface area contributed by atoms with E-state index in [0.717, 1.165) is 11.3 Å². The van der Waals surface area contributed by atoms with Crippen molar-refractivity contribution >= 4 is 23.8 Å². The van der Waals surface area contributed by atoms with Crippen molar-refractivity contribution in [1.82, 2.24) is 4.90 Å². The third-order valence-corrected chi connectivity index (χ3v) is 5.62. The molecule has 0 radical (unpaired) electrons. The molecule has 1 fully saturated rings. The number of rotatable bonds is 7. The van der Waals surface area contributed by atoms with Gasteiger partial charge in [-0.1, -0.05) is 24.3 Å². The van der Waals surface area contributed by atoms with Crippen LogP contribution in [-0.4, -0.2) is 48.6 Å². The molecule has 0 saturated carbocycles. The van der Waals surface area contributed by atoms with Gasteiger partial charge < -0.3 is 23.8 Å². The van der Waals surface area contributed by atoms with Crippen LogP contribution in [0.1, 0.15) is 31.7 Å². The Kier molecular flexibility index (Phi) is 7.33. The monoisotopic (exact) mass is 445 g/mol. The third-order valence-electron chi connectivity index (χ3n) is 4.37. The molecule has 2 aromatic carbocycles. The normalized spacial score (nSPS) is 16.2. The summed E-state index contributed by atoms with van der Waals surface area (Å²) < 4.78 is 21.7. The minimum atomic E-state index is -0.802. The maximum Gasteiger partial charge on any atom is 0.514 e. The second-order valence-electron chi connectivity index (χ2n) is 7.89. The van der Waals surface area contributed by atoms with E-state index in [1.54, 1.807) is 37.8 Å². The van der Waals surface area contributed by atoms with Gasteiger partial charge in [0.2, 0.25) is 5.91 Å². The van der Waals surface area contributed by atoms with E-state index in [1.807, 2.05) is 36.4 Å². The molecule has 1 atom stereocenters. The van der Waals surface area contributed by atoms with Gasteiger partial charge in [-0.3, -0.25) is 4.79 Å². The number of thioether (sulfide) groups is 1. The zero-order valence-corrected chi connectivity index (χ0v) is 18.9. The molecule has 0 aromatic heterocycles. The molecule has 0 spiro atoms. The lowest BCUT2D eigenvalue weighted by atomic mass is 10.2. The Hall–Kier alpha value is -2.87. The van der Waals surface area contributed by atoms with Crippen LogP contribution in [0.15, 0.2) is 48.5 Å². The quantitative estimate of drug-likeness (QED) is 0.453. The largest absolute Gasteiger partial charge is 0.514 e. The van der Waals surface area contributed by atoms with Gasteiger partial charge in [-0.25, -0.2) is 4.79 Å². The Bertz CT molecular complexity index is 912. The van der Waals surface area contributed by atoms with Gasteiger partial charge >= 0.3 is 6.16 Å². The summed E-state index contributed by atoms with van der Waals surface area (Å²) in [4.78, 5) is 26.2. The van der Waals surface area contributed by atoms with Crippen molar-refractivity contribution in [2.24, 2.45) is 0 Å². The first kappa shape index (κ1) is 22.8. The van der Waals surface area contributed by atoms with E-state index < -0.39 is 11.8 Å². The molecule has 0 N–H and O–H groups in total. The molecule has 0 aliphatic carbocycles. The fraction of sp³-hybridized carbons (Fsp3) is 0.391. The third kappa shape index (κ3) is 6.30. The molecule has 3 rings (SSSR count). The number of carbonyl (C=O) groups is 2. The Morgan fingerprint density at radius 3 is 2.55 bits per heavy atom. The number of carbonyl (C=O) groups excluding carboxylic acids is 2. The highest BCUT2D eigenvalue weighted by atomic mass is 32.2. The van der Waals surface area contributed by atoms with Gasteiger partial charge in [-0.2, -0.15) is 0 Å². The van der Waals surface area contributed by atoms with Gasteiger partial charge in [0.05, 0.1) is 19.4 Å². The molecule has 1 unspecified atom stereocenters. The van der Waals surface area contributed by atoms with Gasteiger partial charge in [0, 0.05) is 0 Å². The van der Waals surface area contributed by atoms with Crippen LogP contribution in [-0.2, 0) is 9.53 Å². The number of benzene rings is 2. The van der Waals surface area contributed by atoms with E-state index in [9.17, 15) is 9.59 Å². The molecule has 1 heterocycles. The number of hydrogen-bond donors (Lipinski definition) is 0. The second kappa shape index (κ2) is 9.96. The smallest absolute Gasteiger partial charge is 0.493 e. The summed E-state index contributed by atoms with van der Waals surface area (Å²) in [6, 6.07) is 14.8. The number of methoxy groups -OCH3 is 1. The van der Waals surface area contributed by atoms with Crippen LogP contribution in [0, 0.1) is 0 Å². The van der Waals surface area contributed by atoms with E-state index in [2.05, 4.69) is 0 Å². The van der Waals surface area contributed by atoms with E-state index in [0.29, 0.717) is 24.7 Å². The molecule has 0 bridgehead atoms. The lowest BCUT2D eigenvalue weighted by Crippen LogP contribution is -2.32. The van der Waals surface area contributed by atoms with E-state index in [1.165, 1.54) is 18.9 Å². The van der Waals surface area contributed by atoms with Gasteiger partial charge in [0.15, 0.2) is 11.5 Å². The number of nitrogens with zero attached hydrogens (tertiary/aromatic N) is 1. The lowest BCUT2D eigenvalue weighted by molar-refractivity contribution is -0.128. The van der Waals surface area contributed by atoms with Crippen LogP contribution in [0.25, 0.3) is 0 Å². The highest BCUT2D eigenvalue weighted by Gasteiger charge is 2.33. The van der Waals surface area contributed by atoms with Crippen molar-refractivity contribution in [2.75, 3.05) is 26.0 Å². The van der Waals surface area contributed by atoms with E-state index in [-0.39, 0.29) is 17.0 Å². The molecule has 166 valence electrons. The Labute approximate surface area is 186 Å². The minimum Gasteiger partial charge on any atom is -0.493 e. The first-order valence-electron chi connectivity index (χ1n) is 9.94. The molecule has 8 heteroatoms. The standard InChI is InChI=1S/C23H27NO6S/c1-23(2,3)30-22(26)29-18-11-10-16(14-19(18)27-4)21-24(20(25)15-31-21)12-13-28-17-8-6-5-7-9-17/h5-11,14,21H,12-13,15H2,1-4H3. The second-order valence-corrected chi connectivity index (χ2v) is 8.96. The van der Waals surface area contributed by atoms with Crippen molar-refractivity contribution in [2.45, 2.75) is 31.7 Å². The van der Waals surface area contributed by atoms with Crippen molar-refractivity contribution in [3.8, 4) is 17.2 Å². The number of para-hydroxylation sites is 1. The molecule has 1 aliphatic heterocycles. The van der Waals surface area contributed by atoms with Crippen molar-refractivity contribution in [1.29, 1.82) is 0 Å².